The molecule has 0 radical (unpaired) electrons. The van der Waals surface area contributed by atoms with Crippen molar-refractivity contribution in [1.29, 1.82) is 0 Å². The Morgan fingerprint density at radius 1 is 1.21 bits per heavy atom. The van der Waals surface area contributed by atoms with Gasteiger partial charge in [0.25, 0.3) is 5.91 Å². The first-order valence-electron chi connectivity index (χ1n) is 11.8. The van der Waals surface area contributed by atoms with Crippen LogP contribution in [-0.2, 0) is 9.84 Å². The molecule has 180 valence electrons. The van der Waals surface area contributed by atoms with Gasteiger partial charge in [-0.15, -0.1) is 0 Å². The number of piperidine rings is 1. The summed E-state index contributed by atoms with van der Waals surface area (Å²) in [5, 5.41) is 5.41. The molecule has 0 N–H and O–H groups in total. The van der Waals surface area contributed by atoms with Crippen LogP contribution in [0.2, 0.25) is 0 Å². The minimum Gasteiger partial charge on any atom is -0.497 e. The number of fused-ring (bicyclic) bond motifs is 1. The van der Waals surface area contributed by atoms with Crippen LogP contribution in [-0.4, -0.2) is 65.7 Å². The van der Waals surface area contributed by atoms with E-state index in [9.17, 15) is 13.2 Å². The molecule has 5 rings (SSSR count). The summed E-state index contributed by atoms with van der Waals surface area (Å²) in [6, 6.07) is 9.14. The Balaban J connectivity index is 1.70. The second-order valence-corrected chi connectivity index (χ2v) is 11.8. The van der Waals surface area contributed by atoms with Gasteiger partial charge in [-0.1, -0.05) is 19.1 Å². The van der Waals surface area contributed by atoms with Crippen molar-refractivity contribution in [2.24, 2.45) is 5.92 Å². The molecule has 2 fully saturated rings. The SMILES string of the molecule is COc1cccc(-c2cc(C(=O)N3CCCC(C)C3)c3c(C)nn(C4CCS(=O)(=O)C4)c3n2)c1. The summed E-state index contributed by atoms with van der Waals surface area (Å²) in [7, 11) is -1.49. The number of aromatic nitrogens is 3. The smallest absolute Gasteiger partial charge is 0.254 e. The van der Waals surface area contributed by atoms with Gasteiger partial charge in [0.05, 0.1) is 47.0 Å². The molecule has 8 nitrogen and oxygen atoms in total. The molecule has 2 saturated heterocycles. The van der Waals surface area contributed by atoms with Crippen molar-refractivity contribution in [3.05, 3.63) is 41.6 Å². The second kappa shape index (κ2) is 8.69. The van der Waals surface area contributed by atoms with Gasteiger partial charge in [-0.2, -0.15) is 5.10 Å². The van der Waals surface area contributed by atoms with Crippen molar-refractivity contribution in [1.82, 2.24) is 19.7 Å². The molecule has 2 aromatic heterocycles. The van der Waals surface area contributed by atoms with E-state index in [1.165, 1.54) is 0 Å². The summed E-state index contributed by atoms with van der Waals surface area (Å²) >= 11 is 0. The third kappa shape index (κ3) is 4.17. The molecule has 3 aromatic rings. The van der Waals surface area contributed by atoms with Crippen LogP contribution < -0.4 is 4.74 Å². The first-order chi connectivity index (χ1) is 16.3. The molecule has 1 amide bonds. The number of likely N-dealkylation sites (tertiary alicyclic amines) is 1. The van der Waals surface area contributed by atoms with E-state index >= 15 is 0 Å². The van der Waals surface area contributed by atoms with Crippen molar-refractivity contribution >= 4 is 26.8 Å². The molecular weight excluding hydrogens is 452 g/mol. The molecule has 0 bridgehead atoms. The van der Waals surface area contributed by atoms with Gasteiger partial charge >= 0.3 is 0 Å². The summed E-state index contributed by atoms with van der Waals surface area (Å²) in [6.07, 6.45) is 2.61. The van der Waals surface area contributed by atoms with Crippen LogP contribution in [0.25, 0.3) is 22.3 Å². The van der Waals surface area contributed by atoms with Crippen LogP contribution in [0.1, 0.15) is 48.3 Å². The lowest BCUT2D eigenvalue weighted by atomic mass is 9.98. The number of hydrogen-bond donors (Lipinski definition) is 0. The van der Waals surface area contributed by atoms with E-state index in [1.54, 1.807) is 11.8 Å². The van der Waals surface area contributed by atoms with Gasteiger partial charge in [-0.3, -0.25) is 4.79 Å². The van der Waals surface area contributed by atoms with Crippen molar-refractivity contribution < 1.29 is 17.9 Å². The Morgan fingerprint density at radius 2 is 2.03 bits per heavy atom. The first-order valence-corrected chi connectivity index (χ1v) is 13.6. The molecule has 4 heterocycles. The van der Waals surface area contributed by atoms with E-state index in [0.29, 0.717) is 46.1 Å². The molecule has 2 aliphatic heterocycles. The molecule has 34 heavy (non-hydrogen) atoms. The molecule has 0 spiro atoms. The average molecular weight is 483 g/mol. The maximum Gasteiger partial charge on any atom is 0.254 e. The number of pyridine rings is 1. The largest absolute Gasteiger partial charge is 0.497 e. The summed E-state index contributed by atoms with van der Waals surface area (Å²) in [5.41, 5.74) is 3.29. The maximum absolute atomic E-state index is 13.8. The lowest BCUT2D eigenvalue weighted by Crippen LogP contribution is -2.39. The van der Waals surface area contributed by atoms with E-state index in [4.69, 9.17) is 14.8 Å². The van der Waals surface area contributed by atoms with Crippen LogP contribution in [0.4, 0.5) is 0 Å². The highest BCUT2D eigenvalue weighted by atomic mass is 32.2. The number of benzene rings is 1. The zero-order valence-corrected chi connectivity index (χ0v) is 20.6. The fourth-order valence-electron chi connectivity index (χ4n) is 5.18. The number of carbonyl (C=O) groups is 1. The second-order valence-electron chi connectivity index (χ2n) is 9.57. The van der Waals surface area contributed by atoms with E-state index < -0.39 is 9.84 Å². The summed E-state index contributed by atoms with van der Waals surface area (Å²) in [6.45, 7) is 5.50. The minimum atomic E-state index is -3.10. The molecule has 2 atom stereocenters. The van der Waals surface area contributed by atoms with E-state index in [0.717, 1.165) is 31.5 Å². The molecule has 2 unspecified atom stereocenters. The van der Waals surface area contributed by atoms with Gasteiger partial charge in [0.1, 0.15) is 5.75 Å². The highest BCUT2D eigenvalue weighted by molar-refractivity contribution is 7.91. The summed E-state index contributed by atoms with van der Waals surface area (Å²) in [5.74, 6) is 1.32. The monoisotopic (exact) mass is 482 g/mol. The zero-order chi connectivity index (χ0) is 24.0. The summed E-state index contributed by atoms with van der Waals surface area (Å²) < 4.78 is 31.5. The lowest BCUT2D eigenvalue weighted by molar-refractivity contribution is 0.0685. The number of carbonyl (C=O) groups excluding carboxylic acids is 1. The number of nitrogens with zero attached hydrogens (tertiary/aromatic N) is 4. The lowest BCUT2D eigenvalue weighted by Gasteiger charge is -2.31. The van der Waals surface area contributed by atoms with Gasteiger partial charge in [0.15, 0.2) is 15.5 Å². The predicted octanol–water partition coefficient (Wildman–Crippen LogP) is 3.65. The van der Waals surface area contributed by atoms with E-state index in [2.05, 4.69) is 6.92 Å². The van der Waals surface area contributed by atoms with E-state index in [-0.39, 0.29) is 23.5 Å². The quantitative estimate of drug-likeness (QED) is 0.563. The normalized spacial score (nSPS) is 22.3. The predicted molar refractivity (Wildman–Crippen MR) is 131 cm³/mol. The molecular formula is C25H30N4O4S. The van der Waals surface area contributed by atoms with Crippen LogP contribution in [0.3, 0.4) is 0 Å². The van der Waals surface area contributed by atoms with Crippen molar-refractivity contribution in [2.45, 2.75) is 39.2 Å². The molecule has 2 aliphatic rings. The average Bonchev–Trinajstić information content (AvgIpc) is 3.36. The maximum atomic E-state index is 13.8. The minimum absolute atomic E-state index is 0.0233. The van der Waals surface area contributed by atoms with Crippen LogP contribution in [0.15, 0.2) is 30.3 Å². The number of amides is 1. The van der Waals surface area contributed by atoms with Crippen LogP contribution in [0, 0.1) is 12.8 Å². The molecule has 0 aliphatic carbocycles. The highest BCUT2D eigenvalue weighted by Gasteiger charge is 2.33. The Labute approximate surface area is 199 Å². The van der Waals surface area contributed by atoms with E-state index in [1.807, 2.05) is 42.2 Å². The first kappa shape index (κ1) is 22.8. The number of aryl methyl sites for hydroxylation is 1. The van der Waals surface area contributed by atoms with Gasteiger partial charge in [-0.25, -0.2) is 18.1 Å². The fraction of sp³-hybridized carbons (Fsp3) is 0.480. The number of sulfone groups is 1. The number of ether oxygens (including phenoxy) is 1. The van der Waals surface area contributed by atoms with Gasteiger partial charge in [0.2, 0.25) is 0 Å². The number of methoxy groups -OCH3 is 1. The van der Waals surface area contributed by atoms with Gasteiger partial charge < -0.3 is 9.64 Å². The Morgan fingerprint density at radius 3 is 2.74 bits per heavy atom. The Kier molecular flexibility index (Phi) is 5.83. The van der Waals surface area contributed by atoms with Crippen LogP contribution >= 0.6 is 0 Å². The van der Waals surface area contributed by atoms with Crippen molar-refractivity contribution in [3.63, 3.8) is 0 Å². The Hall–Kier alpha value is -2.94. The van der Waals surface area contributed by atoms with Crippen molar-refractivity contribution in [3.8, 4) is 17.0 Å². The standard InChI is InChI=1S/C25H30N4O4S/c1-16-6-5-10-28(14-16)25(30)21-13-22(18-7-4-8-20(12-18)33-3)26-24-23(21)17(2)27-29(24)19-9-11-34(31,32)15-19/h4,7-8,12-13,16,19H,5-6,9-11,14-15H2,1-3H3. The Bertz CT molecular complexity index is 1360. The topological polar surface area (TPSA) is 94.4 Å². The van der Waals surface area contributed by atoms with Crippen molar-refractivity contribution in [2.75, 3.05) is 31.7 Å². The highest BCUT2D eigenvalue weighted by Crippen LogP contribution is 2.33. The fourth-order valence-corrected chi connectivity index (χ4v) is 6.87. The third-order valence-corrected chi connectivity index (χ3v) is 8.68. The summed E-state index contributed by atoms with van der Waals surface area (Å²) in [4.78, 5) is 20.6. The molecule has 9 heteroatoms. The molecule has 1 aromatic carbocycles. The number of rotatable bonds is 4. The van der Waals surface area contributed by atoms with Gasteiger partial charge in [0, 0.05) is 18.7 Å². The zero-order valence-electron chi connectivity index (χ0n) is 19.8. The van der Waals surface area contributed by atoms with Crippen LogP contribution in [0.5, 0.6) is 5.75 Å². The number of hydrogen-bond acceptors (Lipinski definition) is 6. The third-order valence-electron chi connectivity index (χ3n) is 6.93. The molecule has 0 saturated carbocycles. The van der Waals surface area contributed by atoms with Gasteiger partial charge in [-0.05, 0) is 50.3 Å².